The summed E-state index contributed by atoms with van der Waals surface area (Å²) in [5.41, 5.74) is 5.76. The molecule has 0 bridgehead atoms. The van der Waals surface area contributed by atoms with E-state index in [4.69, 9.17) is 0 Å². The molecule has 31 heavy (non-hydrogen) atoms. The maximum atomic E-state index is 12.8. The van der Waals surface area contributed by atoms with Crippen molar-refractivity contribution in [2.75, 3.05) is 13.1 Å². The molecule has 0 aliphatic carbocycles. The Kier molecular flexibility index (Phi) is 7.55. The molecule has 1 heterocycles. The number of piperidine rings is 1. The van der Waals surface area contributed by atoms with Crippen LogP contribution in [0.4, 0.5) is 0 Å². The number of nitrogens with one attached hydrogen (secondary N) is 1. The van der Waals surface area contributed by atoms with Crippen LogP contribution in [0.5, 0.6) is 0 Å². The Morgan fingerprint density at radius 2 is 1.58 bits per heavy atom. The first-order valence-electron chi connectivity index (χ1n) is 11.1. The molecule has 0 radical (unpaired) electrons. The zero-order valence-electron chi connectivity index (χ0n) is 19.1. The highest BCUT2D eigenvalue weighted by Crippen LogP contribution is 2.23. The average Bonchev–Trinajstić information content (AvgIpc) is 2.75. The van der Waals surface area contributed by atoms with Gasteiger partial charge in [0.1, 0.15) is 0 Å². The van der Waals surface area contributed by atoms with E-state index in [1.807, 2.05) is 19.1 Å². The van der Waals surface area contributed by atoms with Crippen LogP contribution in [0.1, 0.15) is 66.5 Å². The Morgan fingerprint density at radius 1 is 0.968 bits per heavy atom. The quantitative estimate of drug-likeness (QED) is 0.682. The molecular formula is C25H34N2O3S. The Labute approximate surface area is 186 Å². The number of amides is 1. The first-order chi connectivity index (χ1) is 14.7. The lowest BCUT2D eigenvalue weighted by atomic mass is 9.96. The summed E-state index contributed by atoms with van der Waals surface area (Å²) in [6.45, 7) is 9.46. The lowest BCUT2D eigenvalue weighted by molar-refractivity contribution is -0.121. The van der Waals surface area contributed by atoms with Gasteiger partial charge in [0.15, 0.2) is 0 Å². The molecule has 2 aromatic carbocycles. The predicted molar refractivity (Wildman–Crippen MR) is 125 cm³/mol. The summed E-state index contributed by atoms with van der Waals surface area (Å²) in [6, 6.07) is 11.2. The van der Waals surface area contributed by atoms with Crippen LogP contribution < -0.4 is 5.32 Å². The first kappa shape index (κ1) is 23.5. The lowest BCUT2D eigenvalue weighted by Gasteiger charge is -2.25. The average molecular weight is 443 g/mol. The third-order valence-corrected chi connectivity index (χ3v) is 8.16. The van der Waals surface area contributed by atoms with Crippen molar-refractivity contribution in [2.45, 2.75) is 70.7 Å². The van der Waals surface area contributed by atoms with Crippen molar-refractivity contribution in [2.24, 2.45) is 0 Å². The molecule has 0 spiro atoms. The van der Waals surface area contributed by atoms with Crippen LogP contribution in [0, 0.1) is 20.8 Å². The third kappa shape index (κ3) is 5.74. The zero-order valence-corrected chi connectivity index (χ0v) is 19.9. The molecule has 0 unspecified atom stereocenters. The van der Waals surface area contributed by atoms with Crippen LogP contribution in [0.2, 0.25) is 0 Å². The van der Waals surface area contributed by atoms with Gasteiger partial charge in [0, 0.05) is 19.5 Å². The van der Waals surface area contributed by atoms with E-state index < -0.39 is 10.0 Å². The number of rotatable bonds is 7. The van der Waals surface area contributed by atoms with Gasteiger partial charge in [-0.25, -0.2) is 8.42 Å². The Hall–Kier alpha value is -2.18. The second-order valence-electron chi connectivity index (χ2n) is 8.69. The van der Waals surface area contributed by atoms with Crippen LogP contribution in [0.25, 0.3) is 0 Å². The van der Waals surface area contributed by atoms with E-state index in [0.717, 1.165) is 30.4 Å². The highest BCUT2D eigenvalue weighted by atomic mass is 32.2. The molecule has 3 rings (SSSR count). The first-order valence-corrected chi connectivity index (χ1v) is 12.6. The number of benzene rings is 2. The third-order valence-electron chi connectivity index (χ3n) is 6.24. The second-order valence-corrected chi connectivity index (χ2v) is 10.6. The van der Waals surface area contributed by atoms with Gasteiger partial charge in [-0.2, -0.15) is 4.31 Å². The second kappa shape index (κ2) is 9.96. The molecule has 5 nitrogen and oxygen atoms in total. The summed E-state index contributed by atoms with van der Waals surface area (Å²) in [7, 11) is -3.41. The highest BCUT2D eigenvalue weighted by Gasteiger charge is 2.25. The minimum Gasteiger partial charge on any atom is -0.350 e. The van der Waals surface area contributed by atoms with Crippen LogP contribution in [0.15, 0.2) is 41.3 Å². The van der Waals surface area contributed by atoms with Gasteiger partial charge in [-0.15, -0.1) is 0 Å². The molecule has 0 saturated carbocycles. The molecule has 1 aliphatic heterocycles. The smallest absolute Gasteiger partial charge is 0.243 e. The van der Waals surface area contributed by atoms with Gasteiger partial charge in [0.25, 0.3) is 0 Å². The van der Waals surface area contributed by atoms with Gasteiger partial charge in [0.05, 0.1) is 10.9 Å². The standard InChI is InChI=1S/C25H34N2O3S/c1-18-16-20(3)24(17-19(18)2)21(4)26-25(28)13-10-22-8-11-23(12-9-22)31(29,30)27-14-6-5-7-15-27/h8-9,11-12,16-17,21H,5-7,10,13-15H2,1-4H3,(H,26,28)/t21-/m1/s1. The van der Waals surface area contributed by atoms with Crippen LogP contribution in [-0.4, -0.2) is 31.7 Å². The maximum absolute atomic E-state index is 12.8. The van der Waals surface area contributed by atoms with E-state index in [1.165, 1.54) is 16.7 Å². The van der Waals surface area contributed by atoms with Gasteiger partial charge in [-0.05, 0) is 86.9 Å². The van der Waals surface area contributed by atoms with E-state index >= 15 is 0 Å². The summed E-state index contributed by atoms with van der Waals surface area (Å²) in [4.78, 5) is 12.8. The van der Waals surface area contributed by atoms with E-state index in [1.54, 1.807) is 16.4 Å². The van der Waals surface area contributed by atoms with Gasteiger partial charge in [0.2, 0.25) is 15.9 Å². The number of hydrogen-bond donors (Lipinski definition) is 1. The summed E-state index contributed by atoms with van der Waals surface area (Å²) in [5.74, 6) is -0.00450. The normalized spacial score (nSPS) is 16.1. The maximum Gasteiger partial charge on any atom is 0.243 e. The zero-order chi connectivity index (χ0) is 22.6. The molecule has 1 amide bonds. The Bertz CT molecular complexity index is 1020. The molecule has 1 saturated heterocycles. The largest absolute Gasteiger partial charge is 0.350 e. The summed E-state index contributed by atoms with van der Waals surface area (Å²) >= 11 is 0. The number of aryl methyl sites for hydroxylation is 4. The van der Waals surface area contributed by atoms with Crippen molar-refractivity contribution < 1.29 is 13.2 Å². The fourth-order valence-electron chi connectivity index (χ4n) is 4.18. The number of carbonyl (C=O) groups is 1. The SMILES string of the molecule is Cc1cc(C)c([C@@H](C)NC(=O)CCc2ccc(S(=O)(=O)N3CCCCC3)cc2)cc1C. The molecule has 1 fully saturated rings. The summed E-state index contributed by atoms with van der Waals surface area (Å²) in [5, 5.41) is 3.09. The fraction of sp³-hybridized carbons (Fsp3) is 0.480. The van der Waals surface area contributed by atoms with Crippen LogP contribution >= 0.6 is 0 Å². The van der Waals surface area contributed by atoms with E-state index in [0.29, 0.717) is 30.8 Å². The number of nitrogens with zero attached hydrogens (tertiary/aromatic N) is 1. The summed E-state index contributed by atoms with van der Waals surface area (Å²) < 4.78 is 27.1. The predicted octanol–water partition coefficient (Wildman–Crippen LogP) is 4.60. The van der Waals surface area contributed by atoms with Crippen molar-refractivity contribution in [1.29, 1.82) is 0 Å². The topological polar surface area (TPSA) is 66.5 Å². The van der Waals surface area contributed by atoms with Crippen LogP contribution in [-0.2, 0) is 21.2 Å². The van der Waals surface area contributed by atoms with Crippen molar-refractivity contribution >= 4 is 15.9 Å². The molecule has 1 aliphatic rings. The monoisotopic (exact) mass is 442 g/mol. The molecule has 1 N–H and O–H groups in total. The van der Waals surface area contributed by atoms with Crippen molar-refractivity contribution in [3.63, 3.8) is 0 Å². The van der Waals surface area contributed by atoms with E-state index in [9.17, 15) is 13.2 Å². The van der Waals surface area contributed by atoms with Gasteiger partial charge < -0.3 is 5.32 Å². The van der Waals surface area contributed by atoms with Gasteiger partial charge in [-0.3, -0.25) is 4.79 Å². The van der Waals surface area contributed by atoms with Crippen molar-refractivity contribution in [3.05, 3.63) is 64.2 Å². The molecule has 0 aromatic heterocycles. The fourth-order valence-corrected chi connectivity index (χ4v) is 5.70. The molecule has 6 heteroatoms. The van der Waals surface area contributed by atoms with Crippen molar-refractivity contribution in [3.8, 4) is 0 Å². The van der Waals surface area contributed by atoms with E-state index in [-0.39, 0.29) is 11.9 Å². The van der Waals surface area contributed by atoms with Gasteiger partial charge >= 0.3 is 0 Å². The molecular weight excluding hydrogens is 408 g/mol. The highest BCUT2D eigenvalue weighted by molar-refractivity contribution is 7.89. The van der Waals surface area contributed by atoms with E-state index in [2.05, 4.69) is 38.2 Å². The van der Waals surface area contributed by atoms with Crippen LogP contribution in [0.3, 0.4) is 0 Å². The minimum absolute atomic E-state index is 0.00450. The van der Waals surface area contributed by atoms with Gasteiger partial charge in [-0.1, -0.05) is 30.7 Å². The van der Waals surface area contributed by atoms with Crippen molar-refractivity contribution in [1.82, 2.24) is 9.62 Å². The molecule has 1 atom stereocenters. The Morgan fingerprint density at radius 3 is 2.23 bits per heavy atom. The number of carbonyl (C=O) groups excluding carboxylic acids is 1. The molecule has 2 aromatic rings. The summed E-state index contributed by atoms with van der Waals surface area (Å²) in [6.07, 6.45) is 3.88. The molecule has 168 valence electrons. The number of hydrogen-bond acceptors (Lipinski definition) is 3. The number of sulfonamides is 1. The minimum atomic E-state index is -3.41. The Balaban J connectivity index is 1.56. The lowest BCUT2D eigenvalue weighted by Crippen LogP contribution is -2.35.